The summed E-state index contributed by atoms with van der Waals surface area (Å²) in [7, 11) is 1.56. The van der Waals surface area contributed by atoms with Gasteiger partial charge in [0, 0.05) is 26.1 Å². The number of methoxy groups -OCH3 is 1. The molecule has 0 aromatic carbocycles. The lowest BCUT2D eigenvalue weighted by Gasteiger charge is -2.21. The molecule has 0 aliphatic rings. The molecule has 0 atom stereocenters. The summed E-state index contributed by atoms with van der Waals surface area (Å²) in [5.74, 6) is 0.00442. The first-order valence-electron chi connectivity index (χ1n) is 7.14. The van der Waals surface area contributed by atoms with Gasteiger partial charge in [-0.2, -0.15) is 0 Å². The highest BCUT2D eigenvalue weighted by Crippen LogP contribution is 2.05. The van der Waals surface area contributed by atoms with Crippen molar-refractivity contribution in [1.29, 1.82) is 0 Å². The third-order valence-corrected chi connectivity index (χ3v) is 2.95. The van der Waals surface area contributed by atoms with Crippen LogP contribution in [0.4, 0.5) is 5.82 Å². The van der Waals surface area contributed by atoms with Gasteiger partial charge in [0.25, 0.3) is 0 Å². The number of nitrogens with one attached hydrogen (secondary N) is 1. The molecule has 1 aromatic heterocycles. The van der Waals surface area contributed by atoms with E-state index in [-0.39, 0.29) is 18.4 Å². The summed E-state index contributed by atoms with van der Waals surface area (Å²) in [6.45, 7) is 2.87. The number of unbranched alkanes of at least 4 members (excludes halogenated alkanes) is 2. The Morgan fingerprint density at radius 3 is 2.86 bits per heavy atom. The lowest BCUT2D eigenvalue weighted by atomic mass is 10.2. The molecule has 0 spiro atoms. The molecule has 7 nitrogen and oxygen atoms in total. The highest BCUT2D eigenvalue weighted by atomic mass is 16.5. The van der Waals surface area contributed by atoms with E-state index in [1.165, 1.54) is 11.2 Å². The minimum absolute atomic E-state index is 0.0127. The number of carbonyl (C=O) groups is 2. The highest BCUT2D eigenvalue weighted by molar-refractivity contribution is 5.93. The first-order valence-corrected chi connectivity index (χ1v) is 7.14. The van der Waals surface area contributed by atoms with Crippen molar-refractivity contribution in [3.05, 3.63) is 12.3 Å². The Balaban J connectivity index is 2.47. The molecule has 0 aliphatic carbocycles. The summed E-state index contributed by atoms with van der Waals surface area (Å²) in [5, 5.41) is 6.17. The van der Waals surface area contributed by atoms with Crippen molar-refractivity contribution in [3.63, 3.8) is 0 Å². The van der Waals surface area contributed by atoms with Crippen LogP contribution in [0.15, 0.2) is 16.9 Å². The maximum Gasteiger partial charge on any atom is 0.245 e. The van der Waals surface area contributed by atoms with E-state index in [2.05, 4.69) is 21.9 Å². The van der Waals surface area contributed by atoms with Crippen molar-refractivity contribution in [3.8, 4) is 0 Å². The van der Waals surface area contributed by atoms with Gasteiger partial charge >= 0.3 is 0 Å². The Labute approximate surface area is 124 Å². The number of amides is 2. The fourth-order valence-electron chi connectivity index (χ4n) is 1.81. The molecular weight excluding hydrogens is 274 g/mol. The number of nitrogens with zero attached hydrogens (tertiary/aromatic N) is 2. The Kier molecular flexibility index (Phi) is 8.11. The number of anilines is 1. The van der Waals surface area contributed by atoms with Gasteiger partial charge in [-0.3, -0.25) is 9.59 Å². The first kappa shape index (κ1) is 17.2. The topological polar surface area (TPSA) is 84.7 Å². The van der Waals surface area contributed by atoms with Crippen molar-refractivity contribution in [1.82, 2.24) is 10.1 Å². The summed E-state index contributed by atoms with van der Waals surface area (Å²) in [6, 6.07) is 1.54. The summed E-state index contributed by atoms with van der Waals surface area (Å²) in [5.41, 5.74) is 0. The van der Waals surface area contributed by atoms with Gasteiger partial charge < -0.3 is 19.5 Å². The second-order valence-electron chi connectivity index (χ2n) is 4.70. The van der Waals surface area contributed by atoms with E-state index in [0.717, 1.165) is 19.3 Å². The molecule has 0 saturated heterocycles. The van der Waals surface area contributed by atoms with Crippen molar-refractivity contribution < 1.29 is 18.8 Å². The number of aromatic nitrogens is 1. The number of rotatable bonds is 10. The molecule has 0 bridgehead atoms. The van der Waals surface area contributed by atoms with Crippen LogP contribution in [0.5, 0.6) is 0 Å². The van der Waals surface area contributed by atoms with E-state index < -0.39 is 0 Å². The lowest BCUT2D eigenvalue weighted by Crippen LogP contribution is -2.39. The van der Waals surface area contributed by atoms with Crippen molar-refractivity contribution in [2.45, 2.75) is 32.6 Å². The third kappa shape index (κ3) is 6.89. The van der Waals surface area contributed by atoms with Crippen LogP contribution in [0, 0.1) is 0 Å². The van der Waals surface area contributed by atoms with E-state index in [1.807, 2.05) is 0 Å². The molecule has 0 radical (unpaired) electrons. The predicted molar refractivity (Wildman–Crippen MR) is 77.7 cm³/mol. The van der Waals surface area contributed by atoms with Gasteiger partial charge in [-0.05, 0) is 6.42 Å². The van der Waals surface area contributed by atoms with Crippen LogP contribution in [0.25, 0.3) is 0 Å². The van der Waals surface area contributed by atoms with Gasteiger partial charge in [0.05, 0.1) is 13.2 Å². The summed E-state index contributed by atoms with van der Waals surface area (Å²) < 4.78 is 9.62. The van der Waals surface area contributed by atoms with Crippen LogP contribution >= 0.6 is 0 Å². The number of carbonyl (C=O) groups excluding carboxylic acids is 2. The molecule has 0 aliphatic heterocycles. The average molecular weight is 297 g/mol. The van der Waals surface area contributed by atoms with E-state index >= 15 is 0 Å². The molecule has 0 saturated carbocycles. The largest absolute Gasteiger partial charge is 0.383 e. The predicted octanol–water partition coefficient (Wildman–Crippen LogP) is 1.67. The Morgan fingerprint density at radius 1 is 1.43 bits per heavy atom. The molecule has 118 valence electrons. The number of ether oxygens (including phenoxy) is 1. The monoisotopic (exact) mass is 297 g/mol. The molecule has 1 rings (SSSR count). The second-order valence-corrected chi connectivity index (χ2v) is 4.70. The zero-order valence-electron chi connectivity index (χ0n) is 12.6. The number of hydrogen-bond acceptors (Lipinski definition) is 5. The van der Waals surface area contributed by atoms with Crippen molar-refractivity contribution >= 4 is 17.6 Å². The zero-order chi connectivity index (χ0) is 15.5. The SMILES string of the molecule is CCCCCC(=O)N(CCOC)CC(=O)Nc1ccon1. The first-order chi connectivity index (χ1) is 10.2. The molecule has 7 heteroatoms. The molecule has 1 N–H and O–H groups in total. The second kappa shape index (κ2) is 9.93. The van der Waals surface area contributed by atoms with E-state index in [1.54, 1.807) is 13.2 Å². The standard InChI is InChI=1S/C14H23N3O4/c1-3-4-5-6-14(19)17(8-10-20-2)11-13(18)15-12-7-9-21-16-12/h7,9H,3-6,8,10-11H2,1-2H3,(H,15,16,18). The van der Waals surface area contributed by atoms with Crippen LogP contribution in [0.1, 0.15) is 32.6 Å². The fraction of sp³-hybridized carbons (Fsp3) is 0.643. The van der Waals surface area contributed by atoms with Gasteiger partial charge in [0.1, 0.15) is 6.26 Å². The number of hydrogen-bond donors (Lipinski definition) is 1. The van der Waals surface area contributed by atoms with Gasteiger partial charge in [-0.15, -0.1) is 0 Å². The maximum atomic E-state index is 12.1. The van der Waals surface area contributed by atoms with Crippen molar-refractivity contribution in [2.75, 3.05) is 32.1 Å². The Morgan fingerprint density at radius 2 is 2.24 bits per heavy atom. The molecule has 1 aromatic rings. The molecule has 2 amide bonds. The van der Waals surface area contributed by atoms with Crippen LogP contribution < -0.4 is 5.32 Å². The van der Waals surface area contributed by atoms with E-state index in [0.29, 0.717) is 25.4 Å². The van der Waals surface area contributed by atoms with Crippen LogP contribution in [-0.2, 0) is 14.3 Å². The smallest absolute Gasteiger partial charge is 0.245 e. The quantitative estimate of drug-likeness (QED) is 0.664. The molecule has 0 unspecified atom stereocenters. The Hall–Kier alpha value is -1.89. The lowest BCUT2D eigenvalue weighted by molar-refractivity contribution is -0.135. The van der Waals surface area contributed by atoms with E-state index in [9.17, 15) is 9.59 Å². The van der Waals surface area contributed by atoms with Crippen LogP contribution in [0.2, 0.25) is 0 Å². The van der Waals surface area contributed by atoms with Crippen LogP contribution in [-0.4, -0.2) is 48.7 Å². The Bertz CT molecular complexity index is 420. The molecule has 1 heterocycles. The molecular formula is C14H23N3O4. The third-order valence-electron chi connectivity index (χ3n) is 2.95. The molecule has 21 heavy (non-hydrogen) atoms. The minimum atomic E-state index is -0.302. The van der Waals surface area contributed by atoms with Gasteiger partial charge in [0.2, 0.25) is 11.8 Å². The van der Waals surface area contributed by atoms with Crippen molar-refractivity contribution in [2.24, 2.45) is 0 Å². The van der Waals surface area contributed by atoms with Crippen LogP contribution in [0.3, 0.4) is 0 Å². The summed E-state index contributed by atoms with van der Waals surface area (Å²) in [4.78, 5) is 25.5. The highest BCUT2D eigenvalue weighted by Gasteiger charge is 2.17. The summed E-state index contributed by atoms with van der Waals surface area (Å²) >= 11 is 0. The molecule has 0 fully saturated rings. The normalized spacial score (nSPS) is 10.4. The fourth-order valence-corrected chi connectivity index (χ4v) is 1.81. The zero-order valence-corrected chi connectivity index (χ0v) is 12.6. The van der Waals surface area contributed by atoms with Gasteiger partial charge in [-0.25, -0.2) is 0 Å². The van der Waals surface area contributed by atoms with E-state index in [4.69, 9.17) is 4.74 Å². The van der Waals surface area contributed by atoms with Gasteiger partial charge in [0.15, 0.2) is 5.82 Å². The maximum absolute atomic E-state index is 12.1. The minimum Gasteiger partial charge on any atom is -0.383 e. The average Bonchev–Trinajstić information content (AvgIpc) is 2.96. The summed E-state index contributed by atoms with van der Waals surface area (Å²) in [6.07, 6.45) is 4.72. The van der Waals surface area contributed by atoms with Gasteiger partial charge in [-0.1, -0.05) is 24.9 Å².